The SMILES string of the molecule is CC(C)(C)n1cc(CN2CCC3(CCNCC3)C2)nn1. The summed E-state index contributed by atoms with van der Waals surface area (Å²) in [6, 6.07) is 0. The van der Waals surface area contributed by atoms with E-state index >= 15 is 0 Å². The Kier molecular flexibility index (Phi) is 3.58. The highest BCUT2D eigenvalue weighted by Gasteiger charge is 2.38. The van der Waals surface area contributed by atoms with Crippen molar-refractivity contribution < 1.29 is 0 Å². The van der Waals surface area contributed by atoms with E-state index < -0.39 is 0 Å². The lowest BCUT2D eigenvalue weighted by molar-refractivity contribution is 0.193. The average Bonchev–Trinajstić information content (AvgIpc) is 2.99. The molecule has 2 saturated heterocycles. The Morgan fingerprint density at radius 3 is 2.65 bits per heavy atom. The van der Waals surface area contributed by atoms with Crippen LogP contribution >= 0.6 is 0 Å². The van der Waals surface area contributed by atoms with Crippen molar-refractivity contribution in [3.8, 4) is 0 Å². The van der Waals surface area contributed by atoms with Crippen molar-refractivity contribution in [1.29, 1.82) is 0 Å². The summed E-state index contributed by atoms with van der Waals surface area (Å²) in [5.74, 6) is 0. The molecule has 3 rings (SSSR count). The van der Waals surface area contributed by atoms with Crippen LogP contribution in [0.2, 0.25) is 0 Å². The van der Waals surface area contributed by atoms with Crippen molar-refractivity contribution in [3.63, 3.8) is 0 Å². The highest BCUT2D eigenvalue weighted by atomic mass is 15.4. The molecule has 2 aliphatic rings. The second-order valence-corrected chi connectivity index (χ2v) is 7.54. The number of rotatable bonds is 2. The van der Waals surface area contributed by atoms with E-state index in [1.165, 1.54) is 45.4 Å². The Balaban J connectivity index is 1.60. The van der Waals surface area contributed by atoms with Crippen molar-refractivity contribution in [2.24, 2.45) is 5.41 Å². The molecule has 1 N–H and O–H groups in total. The van der Waals surface area contributed by atoms with Gasteiger partial charge in [-0.15, -0.1) is 5.10 Å². The fourth-order valence-corrected chi connectivity index (χ4v) is 3.46. The number of nitrogens with zero attached hydrogens (tertiary/aromatic N) is 4. The van der Waals surface area contributed by atoms with Gasteiger partial charge in [-0.3, -0.25) is 4.90 Å². The summed E-state index contributed by atoms with van der Waals surface area (Å²) in [5.41, 5.74) is 1.70. The van der Waals surface area contributed by atoms with Crippen LogP contribution < -0.4 is 5.32 Å². The zero-order valence-corrected chi connectivity index (χ0v) is 13.0. The Bertz CT molecular complexity index is 453. The molecule has 2 aliphatic heterocycles. The Morgan fingerprint density at radius 2 is 2.00 bits per heavy atom. The molecule has 0 bridgehead atoms. The Morgan fingerprint density at radius 1 is 1.25 bits per heavy atom. The molecule has 5 nitrogen and oxygen atoms in total. The maximum absolute atomic E-state index is 4.34. The number of hydrogen-bond acceptors (Lipinski definition) is 4. The first-order valence-corrected chi connectivity index (χ1v) is 7.82. The number of aromatic nitrogens is 3. The number of nitrogens with one attached hydrogen (secondary N) is 1. The molecule has 0 aromatic carbocycles. The van der Waals surface area contributed by atoms with Gasteiger partial charge in [-0.2, -0.15) is 0 Å². The topological polar surface area (TPSA) is 46.0 Å². The minimum absolute atomic E-state index is 0.0204. The molecule has 3 heterocycles. The minimum atomic E-state index is 0.0204. The molecule has 0 amide bonds. The fourth-order valence-electron chi connectivity index (χ4n) is 3.46. The summed E-state index contributed by atoms with van der Waals surface area (Å²) < 4.78 is 1.97. The predicted octanol–water partition coefficient (Wildman–Crippen LogP) is 1.61. The van der Waals surface area contributed by atoms with Gasteiger partial charge in [-0.1, -0.05) is 5.21 Å². The van der Waals surface area contributed by atoms with E-state index in [2.05, 4.69) is 47.5 Å². The lowest BCUT2D eigenvalue weighted by atomic mass is 9.78. The van der Waals surface area contributed by atoms with Gasteiger partial charge in [-0.25, -0.2) is 4.68 Å². The average molecular weight is 277 g/mol. The first-order valence-electron chi connectivity index (χ1n) is 7.82. The molecule has 2 fully saturated rings. The molecule has 1 aromatic heterocycles. The van der Waals surface area contributed by atoms with Gasteiger partial charge in [0, 0.05) is 13.1 Å². The highest BCUT2D eigenvalue weighted by Crippen LogP contribution is 2.38. The van der Waals surface area contributed by atoms with Crippen molar-refractivity contribution >= 4 is 0 Å². The van der Waals surface area contributed by atoms with Gasteiger partial charge in [0.25, 0.3) is 0 Å². The summed E-state index contributed by atoms with van der Waals surface area (Å²) in [5, 5.41) is 12.1. The second-order valence-electron chi connectivity index (χ2n) is 7.54. The van der Waals surface area contributed by atoms with E-state index in [1.54, 1.807) is 0 Å². The van der Waals surface area contributed by atoms with E-state index in [1.807, 2.05) is 4.68 Å². The van der Waals surface area contributed by atoms with Crippen LogP contribution in [-0.2, 0) is 12.1 Å². The van der Waals surface area contributed by atoms with Crippen LogP contribution in [-0.4, -0.2) is 46.1 Å². The lowest BCUT2D eigenvalue weighted by Crippen LogP contribution is -2.38. The third-order valence-corrected chi connectivity index (χ3v) is 4.80. The van der Waals surface area contributed by atoms with Gasteiger partial charge in [-0.05, 0) is 65.1 Å². The van der Waals surface area contributed by atoms with Crippen LogP contribution in [0.5, 0.6) is 0 Å². The predicted molar refractivity (Wildman–Crippen MR) is 79.4 cm³/mol. The number of piperidine rings is 1. The molecule has 0 atom stereocenters. The van der Waals surface area contributed by atoms with Crippen LogP contribution in [0.4, 0.5) is 0 Å². The largest absolute Gasteiger partial charge is 0.317 e. The Labute approximate surface area is 121 Å². The van der Waals surface area contributed by atoms with Crippen molar-refractivity contribution in [2.75, 3.05) is 26.2 Å². The third-order valence-electron chi connectivity index (χ3n) is 4.80. The lowest BCUT2D eigenvalue weighted by Gasteiger charge is -2.33. The normalized spacial score (nSPS) is 23.6. The van der Waals surface area contributed by atoms with Crippen molar-refractivity contribution in [2.45, 2.75) is 52.1 Å². The molecular weight excluding hydrogens is 250 g/mol. The minimum Gasteiger partial charge on any atom is -0.317 e. The van der Waals surface area contributed by atoms with E-state index in [0.717, 1.165) is 12.2 Å². The molecule has 112 valence electrons. The molecule has 0 aliphatic carbocycles. The zero-order chi connectivity index (χ0) is 14.2. The van der Waals surface area contributed by atoms with Gasteiger partial charge >= 0.3 is 0 Å². The summed E-state index contributed by atoms with van der Waals surface area (Å²) in [6.07, 6.45) is 6.12. The summed E-state index contributed by atoms with van der Waals surface area (Å²) in [6.45, 7) is 12.2. The number of likely N-dealkylation sites (tertiary alicyclic amines) is 1. The maximum Gasteiger partial charge on any atom is 0.0967 e. The van der Waals surface area contributed by atoms with Crippen molar-refractivity contribution in [1.82, 2.24) is 25.2 Å². The molecular formula is C15H27N5. The molecule has 5 heteroatoms. The summed E-state index contributed by atoms with van der Waals surface area (Å²) >= 11 is 0. The smallest absolute Gasteiger partial charge is 0.0967 e. The van der Waals surface area contributed by atoms with Crippen LogP contribution in [0.1, 0.15) is 45.7 Å². The van der Waals surface area contributed by atoms with E-state index in [4.69, 9.17) is 0 Å². The van der Waals surface area contributed by atoms with Crippen LogP contribution in [0.15, 0.2) is 6.20 Å². The summed E-state index contributed by atoms with van der Waals surface area (Å²) in [7, 11) is 0. The standard InChI is InChI=1S/C15H27N5/c1-14(2,3)20-11-13(17-18-20)10-19-9-6-15(12-19)4-7-16-8-5-15/h11,16H,4-10,12H2,1-3H3. The zero-order valence-electron chi connectivity index (χ0n) is 13.0. The van der Waals surface area contributed by atoms with Crippen LogP contribution in [0, 0.1) is 5.41 Å². The number of hydrogen-bond donors (Lipinski definition) is 1. The van der Waals surface area contributed by atoms with Crippen molar-refractivity contribution in [3.05, 3.63) is 11.9 Å². The first-order chi connectivity index (χ1) is 9.47. The van der Waals surface area contributed by atoms with Gasteiger partial charge in [0.1, 0.15) is 0 Å². The Hall–Kier alpha value is -0.940. The first kappa shape index (κ1) is 14.0. The van der Waals surface area contributed by atoms with E-state index in [-0.39, 0.29) is 5.54 Å². The molecule has 0 radical (unpaired) electrons. The van der Waals surface area contributed by atoms with Gasteiger partial charge in [0.2, 0.25) is 0 Å². The second kappa shape index (κ2) is 5.11. The molecule has 0 saturated carbocycles. The highest BCUT2D eigenvalue weighted by molar-refractivity contribution is 4.99. The molecule has 1 spiro atoms. The molecule has 1 aromatic rings. The molecule has 0 unspecified atom stereocenters. The summed E-state index contributed by atoms with van der Waals surface area (Å²) in [4.78, 5) is 2.56. The van der Waals surface area contributed by atoms with E-state index in [0.29, 0.717) is 5.41 Å². The van der Waals surface area contributed by atoms with Crippen LogP contribution in [0.25, 0.3) is 0 Å². The monoisotopic (exact) mass is 277 g/mol. The van der Waals surface area contributed by atoms with Gasteiger partial charge in [0.15, 0.2) is 0 Å². The van der Waals surface area contributed by atoms with Crippen LogP contribution in [0.3, 0.4) is 0 Å². The van der Waals surface area contributed by atoms with Gasteiger partial charge < -0.3 is 5.32 Å². The quantitative estimate of drug-likeness (QED) is 0.892. The fraction of sp³-hybridized carbons (Fsp3) is 0.867. The van der Waals surface area contributed by atoms with Gasteiger partial charge in [0.05, 0.1) is 17.4 Å². The molecule has 20 heavy (non-hydrogen) atoms. The third kappa shape index (κ3) is 2.88. The van der Waals surface area contributed by atoms with E-state index in [9.17, 15) is 0 Å². The maximum atomic E-state index is 4.34.